The topological polar surface area (TPSA) is 96.4 Å². The Morgan fingerprint density at radius 2 is 2.19 bits per heavy atom. The number of rotatable bonds is 5. The largest absolute Gasteiger partial charge is 0.479 e. The molecule has 8 heteroatoms. The quantitative estimate of drug-likeness (QED) is 0.684. The zero-order chi connectivity index (χ0) is 15.4. The molecule has 0 bridgehead atoms. The van der Waals surface area contributed by atoms with Crippen LogP contribution in [0.15, 0.2) is 0 Å². The summed E-state index contributed by atoms with van der Waals surface area (Å²) in [6.45, 7) is 1.89. The molecule has 2 aliphatic rings. The number of likely N-dealkylation sites (tertiary alicyclic amines) is 1. The van der Waals surface area contributed by atoms with Crippen molar-refractivity contribution in [1.82, 2.24) is 9.80 Å². The fourth-order valence-electron chi connectivity index (χ4n) is 2.61. The van der Waals surface area contributed by atoms with Crippen molar-refractivity contribution >= 4 is 17.8 Å². The zero-order valence-corrected chi connectivity index (χ0v) is 12.0. The van der Waals surface area contributed by atoms with Gasteiger partial charge in [-0.25, -0.2) is 4.79 Å². The first-order valence-electron chi connectivity index (χ1n) is 6.93. The Morgan fingerprint density at radius 1 is 1.43 bits per heavy atom. The van der Waals surface area contributed by atoms with Crippen molar-refractivity contribution in [2.45, 2.75) is 12.5 Å². The Balaban J connectivity index is 1.91. The normalized spacial score (nSPS) is 26.2. The van der Waals surface area contributed by atoms with E-state index in [1.165, 1.54) is 4.90 Å². The predicted molar refractivity (Wildman–Crippen MR) is 70.5 cm³/mol. The van der Waals surface area contributed by atoms with Gasteiger partial charge in [0, 0.05) is 33.2 Å². The van der Waals surface area contributed by atoms with Crippen molar-refractivity contribution in [2.75, 3.05) is 46.5 Å². The number of methoxy groups -OCH3 is 1. The summed E-state index contributed by atoms with van der Waals surface area (Å²) in [5.74, 6) is -1.70. The van der Waals surface area contributed by atoms with E-state index in [4.69, 9.17) is 14.6 Å². The van der Waals surface area contributed by atoms with Crippen LogP contribution < -0.4 is 0 Å². The number of carboxylic acids is 1. The minimum absolute atomic E-state index is 0.0386. The number of carbonyl (C=O) groups is 3. The molecule has 0 radical (unpaired) electrons. The molecule has 2 unspecified atom stereocenters. The van der Waals surface area contributed by atoms with E-state index < -0.39 is 18.0 Å². The highest BCUT2D eigenvalue weighted by molar-refractivity contribution is 5.89. The standard InChI is InChI=1S/C13H20N2O6/c1-20-4-2-14-7-9(6-11(14)16)12(17)15-3-5-21-10(8-15)13(18)19/h9-10H,2-8H2,1H3,(H,18,19). The third-order valence-corrected chi connectivity index (χ3v) is 3.78. The second kappa shape index (κ2) is 6.86. The average molecular weight is 300 g/mol. The highest BCUT2D eigenvalue weighted by atomic mass is 16.5. The first-order chi connectivity index (χ1) is 10.0. The molecule has 2 rings (SSSR count). The Hall–Kier alpha value is -1.67. The van der Waals surface area contributed by atoms with E-state index in [1.807, 2.05) is 0 Å². The second-order valence-electron chi connectivity index (χ2n) is 5.22. The molecule has 1 N–H and O–H groups in total. The van der Waals surface area contributed by atoms with Crippen molar-refractivity contribution in [3.63, 3.8) is 0 Å². The smallest absolute Gasteiger partial charge is 0.334 e. The van der Waals surface area contributed by atoms with E-state index in [0.717, 1.165) is 0 Å². The van der Waals surface area contributed by atoms with Gasteiger partial charge in [-0.3, -0.25) is 9.59 Å². The van der Waals surface area contributed by atoms with Gasteiger partial charge in [-0.05, 0) is 0 Å². The fraction of sp³-hybridized carbons (Fsp3) is 0.769. The van der Waals surface area contributed by atoms with Gasteiger partial charge in [0.15, 0.2) is 6.10 Å². The SMILES string of the molecule is COCCN1CC(C(=O)N2CCOC(C(=O)O)C2)CC1=O. The van der Waals surface area contributed by atoms with Crippen LogP contribution >= 0.6 is 0 Å². The predicted octanol–water partition coefficient (Wildman–Crippen LogP) is -1.21. The van der Waals surface area contributed by atoms with Crippen LogP contribution in [-0.2, 0) is 23.9 Å². The second-order valence-corrected chi connectivity index (χ2v) is 5.22. The molecule has 0 aromatic rings. The molecule has 118 valence electrons. The molecule has 21 heavy (non-hydrogen) atoms. The molecule has 0 saturated carbocycles. The summed E-state index contributed by atoms with van der Waals surface area (Å²) >= 11 is 0. The summed E-state index contributed by atoms with van der Waals surface area (Å²) in [5.41, 5.74) is 0. The molecule has 0 aliphatic carbocycles. The molecule has 2 aliphatic heterocycles. The van der Waals surface area contributed by atoms with Gasteiger partial charge in [0.05, 0.1) is 25.7 Å². The number of aliphatic carboxylic acids is 1. The number of hydrogen-bond donors (Lipinski definition) is 1. The Bertz CT molecular complexity index is 427. The van der Waals surface area contributed by atoms with Gasteiger partial charge in [-0.15, -0.1) is 0 Å². The van der Waals surface area contributed by atoms with Crippen molar-refractivity contribution in [3.8, 4) is 0 Å². The summed E-state index contributed by atoms with van der Waals surface area (Å²) < 4.78 is 10.0. The maximum Gasteiger partial charge on any atom is 0.334 e. The Morgan fingerprint density at radius 3 is 2.86 bits per heavy atom. The molecule has 2 atom stereocenters. The van der Waals surface area contributed by atoms with Gasteiger partial charge in [0.1, 0.15) is 0 Å². The van der Waals surface area contributed by atoms with Crippen molar-refractivity contribution in [1.29, 1.82) is 0 Å². The molecule has 2 saturated heterocycles. The molecule has 0 spiro atoms. The average Bonchev–Trinajstić information content (AvgIpc) is 2.85. The summed E-state index contributed by atoms with van der Waals surface area (Å²) in [6.07, 6.45) is -0.804. The highest BCUT2D eigenvalue weighted by Crippen LogP contribution is 2.21. The number of carboxylic acid groups (broad SMARTS) is 1. The fourth-order valence-corrected chi connectivity index (χ4v) is 2.61. The van der Waals surface area contributed by atoms with Crippen LogP contribution in [0.25, 0.3) is 0 Å². The van der Waals surface area contributed by atoms with Crippen LogP contribution in [0, 0.1) is 5.92 Å². The van der Waals surface area contributed by atoms with E-state index in [0.29, 0.717) is 26.2 Å². The monoisotopic (exact) mass is 300 g/mol. The Kier molecular flexibility index (Phi) is 5.13. The van der Waals surface area contributed by atoms with Gasteiger partial charge in [-0.1, -0.05) is 0 Å². The lowest BCUT2D eigenvalue weighted by Gasteiger charge is -2.32. The Labute approximate surface area is 122 Å². The summed E-state index contributed by atoms with van der Waals surface area (Å²) in [5, 5.41) is 8.95. The van der Waals surface area contributed by atoms with Crippen LogP contribution in [0.1, 0.15) is 6.42 Å². The molecule has 2 amide bonds. The van der Waals surface area contributed by atoms with E-state index in [2.05, 4.69) is 0 Å². The first kappa shape index (κ1) is 15.7. The third-order valence-electron chi connectivity index (χ3n) is 3.78. The lowest BCUT2D eigenvalue weighted by atomic mass is 10.1. The summed E-state index contributed by atoms with van der Waals surface area (Å²) in [6, 6.07) is 0. The van der Waals surface area contributed by atoms with E-state index in [9.17, 15) is 14.4 Å². The van der Waals surface area contributed by atoms with Gasteiger partial charge < -0.3 is 24.4 Å². The molecule has 0 aromatic carbocycles. The molecular formula is C13H20N2O6. The van der Waals surface area contributed by atoms with Crippen LogP contribution in [0.4, 0.5) is 0 Å². The van der Waals surface area contributed by atoms with E-state index in [-0.39, 0.29) is 31.4 Å². The number of amides is 2. The maximum absolute atomic E-state index is 12.4. The van der Waals surface area contributed by atoms with Gasteiger partial charge in [0.25, 0.3) is 0 Å². The van der Waals surface area contributed by atoms with Crippen molar-refractivity contribution in [3.05, 3.63) is 0 Å². The lowest BCUT2D eigenvalue weighted by Crippen LogP contribution is -2.50. The summed E-state index contributed by atoms with van der Waals surface area (Å²) in [7, 11) is 1.56. The number of ether oxygens (including phenoxy) is 2. The molecule has 0 aromatic heterocycles. The molecular weight excluding hydrogens is 280 g/mol. The van der Waals surface area contributed by atoms with Crippen LogP contribution in [0.5, 0.6) is 0 Å². The number of hydrogen-bond acceptors (Lipinski definition) is 5. The number of nitrogens with zero attached hydrogens (tertiary/aromatic N) is 2. The lowest BCUT2D eigenvalue weighted by molar-refractivity contribution is -0.160. The molecule has 2 heterocycles. The number of morpholine rings is 1. The van der Waals surface area contributed by atoms with Crippen molar-refractivity contribution < 1.29 is 29.0 Å². The molecule has 8 nitrogen and oxygen atoms in total. The van der Waals surface area contributed by atoms with Crippen LogP contribution in [0.2, 0.25) is 0 Å². The minimum atomic E-state index is -1.07. The number of carbonyl (C=O) groups excluding carboxylic acids is 2. The van der Waals surface area contributed by atoms with Crippen LogP contribution in [-0.4, -0.2) is 85.3 Å². The first-order valence-corrected chi connectivity index (χ1v) is 6.93. The summed E-state index contributed by atoms with van der Waals surface area (Å²) in [4.78, 5) is 38.3. The maximum atomic E-state index is 12.4. The molecule has 2 fully saturated rings. The van der Waals surface area contributed by atoms with E-state index in [1.54, 1.807) is 12.0 Å². The van der Waals surface area contributed by atoms with Gasteiger partial charge in [-0.2, -0.15) is 0 Å². The van der Waals surface area contributed by atoms with Gasteiger partial charge in [0.2, 0.25) is 11.8 Å². The zero-order valence-electron chi connectivity index (χ0n) is 12.0. The highest BCUT2D eigenvalue weighted by Gasteiger charge is 2.38. The third kappa shape index (κ3) is 3.70. The minimum Gasteiger partial charge on any atom is -0.479 e. The van der Waals surface area contributed by atoms with Gasteiger partial charge >= 0.3 is 5.97 Å². The van der Waals surface area contributed by atoms with Crippen molar-refractivity contribution in [2.24, 2.45) is 5.92 Å². The van der Waals surface area contributed by atoms with Crippen LogP contribution in [0.3, 0.4) is 0 Å². The van der Waals surface area contributed by atoms with E-state index >= 15 is 0 Å².